The summed E-state index contributed by atoms with van der Waals surface area (Å²) < 4.78 is 0.947. The predicted molar refractivity (Wildman–Crippen MR) is 75.9 cm³/mol. The molecule has 1 amide bonds. The monoisotopic (exact) mass is 349 g/mol. The quantitative estimate of drug-likeness (QED) is 0.601. The van der Waals surface area contributed by atoms with E-state index in [-0.39, 0.29) is 5.91 Å². The van der Waals surface area contributed by atoms with Crippen LogP contribution in [-0.4, -0.2) is 23.9 Å². The number of likely N-dealkylation sites (N-methyl/N-ethyl adjacent to an activating group) is 1. The molecule has 0 saturated carbocycles. The predicted octanol–water partition coefficient (Wildman–Crippen LogP) is 3.59. The highest BCUT2D eigenvalue weighted by atomic mass is 127. The van der Waals surface area contributed by atoms with Crippen LogP contribution in [0.5, 0.6) is 0 Å². The zero-order chi connectivity index (χ0) is 12.1. The van der Waals surface area contributed by atoms with Crippen molar-refractivity contribution in [3.05, 3.63) is 45.0 Å². The average molecular weight is 350 g/mol. The molecule has 16 heavy (non-hydrogen) atoms. The van der Waals surface area contributed by atoms with Crippen LogP contribution in [0.1, 0.15) is 17.3 Å². The molecule has 0 aliphatic heterocycles. The fraction of sp³-hybridized carbons (Fsp3) is 0.250. The van der Waals surface area contributed by atoms with Crippen LogP contribution in [0.15, 0.2) is 30.9 Å². The third-order valence-electron chi connectivity index (χ3n) is 2.18. The van der Waals surface area contributed by atoms with E-state index in [1.807, 2.05) is 13.0 Å². The van der Waals surface area contributed by atoms with Gasteiger partial charge in [0.15, 0.2) is 0 Å². The summed E-state index contributed by atoms with van der Waals surface area (Å²) in [6, 6.07) is 5.34. The number of halogens is 2. The molecule has 0 bridgehead atoms. The van der Waals surface area contributed by atoms with Gasteiger partial charge in [0.25, 0.3) is 5.91 Å². The molecule has 0 aliphatic rings. The van der Waals surface area contributed by atoms with Gasteiger partial charge in [-0.1, -0.05) is 17.7 Å². The maximum atomic E-state index is 12.0. The molecule has 0 aromatic heterocycles. The number of nitrogens with zero attached hydrogens (tertiary/aromatic N) is 1. The first-order valence-electron chi connectivity index (χ1n) is 4.95. The number of rotatable bonds is 4. The molecule has 4 heteroatoms. The fourth-order valence-electron chi connectivity index (χ4n) is 1.32. The summed E-state index contributed by atoms with van der Waals surface area (Å²) >= 11 is 8.12. The first-order valence-corrected chi connectivity index (χ1v) is 6.41. The minimum Gasteiger partial charge on any atom is -0.335 e. The highest BCUT2D eigenvalue weighted by molar-refractivity contribution is 14.1. The van der Waals surface area contributed by atoms with Crippen molar-refractivity contribution in [1.82, 2.24) is 4.90 Å². The molecule has 0 N–H and O–H groups in total. The largest absolute Gasteiger partial charge is 0.335 e. The van der Waals surface area contributed by atoms with Crippen molar-refractivity contribution in [3.8, 4) is 0 Å². The number of hydrogen-bond acceptors (Lipinski definition) is 1. The fourth-order valence-corrected chi connectivity index (χ4v) is 1.84. The van der Waals surface area contributed by atoms with Crippen molar-refractivity contribution < 1.29 is 4.79 Å². The number of amides is 1. The molecule has 2 nitrogen and oxygen atoms in total. The Morgan fingerprint density at radius 3 is 2.81 bits per heavy atom. The van der Waals surface area contributed by atoms with Crippen LogP contribution in [0, 0.1) is 3.57 Å². The van der Waals surface area contributed by atoms with Gasteiger partial charge in [0.05, 0.1) is 5.02 Å². The van der Waals surface area contributed by atoms with Crippen LogP contribution in [0.2, 0.25) is 5.02 Å². The Morgan fingerprint density at radius 2 is 2.31 bits per heavy atom. The van der Waals surface area contributed by atoms with E-state index in [2.05, 4.69) is 29.2 Å². The van der Waals surface area contributed by atoms with Crippen molar-refractivity contribution in [2.75, 3.05) is 13.1 Å². The van der Waals surface area contributed by atoms with Crippen LogP contribution < -0.4 is 0 Å². The Labute approximate surface area is 114 Å². The number of benzene rings is 1. The topological polar surface area (TPSA) is 20.3 Å². The van der Waals surface area contributed by atoms with E-state index >= 15 is 0 Å². The molecule has 0 saturated heterocycles. The minimum atomic E-state index is -0.0132. The smallest absolute Gasteiger partial charge is 0.254 e. The molecule has 0 atom stereocenters. The van der Waals surface area contributed by atoms with Gasteiger partial charge in [0.2, 0.25) is 0 Å². The normalized spacial score (nSPS) is 9.94. The summed E-state index contributed by atoms with van der Waals surface area (Å²) in [5.41, 5.74) is 0.620. The lowest BCUT2D eigenvalue weighted by Gasteiger charge is -2.19. The van der Waals surface area contributed by atoms with Gasteiger partial charge in [-0.15, -0.1) is 6.58 Å². The lowest BCUT2D eigenvalue weighted by atomic mass is 10.2. The molecular formula is C12H13ClINO. The SMILES string of the molecule is C=CCN(CC)C(=O)c1ccc(I)c(Cl)c1. The standard InChI is InChI=1S/C12H13ClINO/c1-3-7-15(4-2)12(16)9-5-6-11(14)10(13)8-9/h3,5-6,8H,1,4,7H2,2H3. The molecular weight excluding hydrogens is 336 g/mol. The first kappa shape index (κ1) is 13.5. The summed E-state index contributed by atoms with van der Waals surface area (Å²) in [4.78, 5) is 13.8. The van der Waals surface area contributed by atoms with Crippen molar-refractivity contribution in [2.45, 2.75) is 6.92 Å². The minimum absolute atomic E-state index is 0.0132. The molecule has 1 rings (SSSR count). The van der Waals surface area contributed by atoms with Crippen molar-refractivity contribution >= 4 is 40.1 Å². The molecule has 1 aromatic carbocycles. The second kappa shape index (κ2) is 6.25. The number of carbonyl (C=O) groups excluding carboxylic acids is 1. The number of carbonyl (C=O) groups is 1. The second-order valence-electron chi connectivity index (χ2n) is 3.26. The third kappa shape index (κ3) is 3.22. The first-order chi connectivity index (χ1) is 7.60. The van der Waals surface area contributed by atoms with Crippen LogP contribution in [-0.2, 0) is 0 Å². The van der Waals surface area contributed by atoms with Gasteiger partial charge in [0.1, 0.15) is 0 Å². The Bertz CT molecular complexity index is 406. The van der Waals surface area contributed by atoms with Crippen LogP contribution >= 0.6 is 34.2 Å². The summed E-state index contributed by atoms with van der Waals surface area (Å²) in [6.45, 7) is 6.79. The van der Waals surface area contributed by atoms with E-state index in [0.717, 1.165) is 3.57 Å². The summed E-state index contributed by atoms with van der Waals surface area (Å²) in [5.74, 6) is -0.0132. The van der Waals surface area contributed by atoms with E-state index in [1.165, 1.54) is 0 Å². The molecule has 1 aromatic rings. The lowest BCUT2D eigenvalue weighted by molar-refractivity contribution is 0.0782. The van der Waals surface area contributed by atoms with E-state index in [9.17, 15) is 4.79 Å². The summed E-state index contributed by atoms with van der Waals surface area (Å²) in [7, 11) is 0. The zero-order valence-corrected chi connectivity index (χ0v) is 12.0. The van der Waals surface area contributed by atoms with Gasteiger partial charge in [-0.2, -0.15) is 0 Å². The van der Waals surface area contributed by atoms with Gasteiger partial charge in [-0.3, -0.25) is 4.79 Å². The van der Waals surface area contributed by atoms with Gasteiger partial charge in [-0.05, 0) is 47.7 Å². The molecule has 0 unspecified atom stereocenters. The molecule has 0 spiro atoms. The van der Waals surface area contributed by atoms with Gasteiger partial charge in [-0.25, -0.2) is 0 Å². The van der Waals surface area contributed by atoms with Crippen molar-refractivity contribution in [2.24, 2.45) is 0 Å². The molecule has 0 radical (unpaired) electrons. The molecule has 0 fully saturated rings. The zero-order valence-electron chi connectivity index (χ0n) is 9.04. The van der Waals surface area contributed by atoms with Crippen molar-refractivity contribution in [3.63, 3.8) is 0 Å². The van der Waals surface area contributed by atoms with Crippen LogP contribution in [0.3, 0.4) is 0 Å². The highest BCUT2D eigenvalue weighted by Gasteiger charge is 2.13. The Kier molecular flexibility index (Phi) is 5.28. The maximum Gasteiger partial charge on any atom is 0.254 e. The number of hydrogen-bond donors (Lipinski definition) is 0. The second-order valence-corrected chi connectivity index (χ2v) is 4.83. The molecule has 0 aliphatic carbocycles. The van der Waals surface area contributed by atoms with E-state index in [1.54, 1.807) is 23.1 Å². The van der Waals surface area contributed by atoms with Gasteiger partial charge >= 0.3 is 0 Å². The van der Waals surface area contributed by atoms with Gasteiger partial charge < -0.3 is 4.90 Å². The maximum absolute atomic E-state index is 12.0. The Morgan fingerprint density at radius 1 is 1.62 bits per heavy atom. The lowest BCUT2D eigenvalue weighted by Crippen LogP contribution is -2.30. The Hall–Kier alpha value is -0.550. The van der Waals surface area contributed by atoms with Gasteiger partial charge in [0, 0.05) is 22.2 Å². The Balaban J connectivity index is 2.94. The molecule has 0 heterocycles. The highest BCUT2D eigenvalue weighted by Crippen LogP contribution is 2.20. The van der Waals surface area contributed by atoms with Crippen LogP contribution in [0.25, 0.3) is 0 Å². The summed E-state index contributed by atoms with van der Waals surface area (Å²) in [5, 5.41) is 0.612. The van der Waals surface area contributed by atoms with Crippen molar-refractivity contribution in [1.29, 1.82) is 0 Å². The average Bonchev–Trinajstić information content (AvgIpc) is 2.28. The van der Waals surface area contributed by atoms with E-state index in [0.29, 0.717) is 23.7 Å². The van der Waals surface area contributed by atoms with Crippen LogP contribution in [0.4, 0.5) is 0 Å². The third-order valence-corrected chi connectivity index (χ3v) is 3.76. The molecule has 86 valence electrons. The van der Waals surface area contributed by atoms with E-state index in [4.69, 9.17) is 11.6 Å². The van der Waals surface area contributed by atoms with E-state index < -0.39 is 0 Å². The summed E-state index contributed by atoms with van der Waals surface area (Å²) in [6.07, 6.45) is 1.72.